The summed E-state index contributed by atoms with van der Waals surface area (Å²) in [5, 5.41) is -4.35. The van der Waals surface area contributed by atoms with Gasteiger partial charge >= 0.3 is 15.1 Å². The van der Waals surface area contributed by atoms with Gasteiger partial charge in [-0.2, -0.15) is 8.42 Å². The van der Waals surface area contributed by atoms with E-state index in [1.54, 1.807) is 0 Å². The minimum Gasteiger partial charge on any atom is -0.381 e. The quantitative estimate of drug-likeness (QED) is 0.135. The molecule has 6 saturated carbocycles. The third kappa shape index (κ3) is 3.77. The van der Waals surface area contributed by atoms with Crippen molar-refractivity contribution in [1.29, 1.82) is 0 Å². The van der Waals surface area contributed by atoms with E-state index in [1.807, 2.05) is 0 Å². The summed E-state index contributed by atoms with van der Waals surface area (Å²) in [6.45, 7) is 10.3. The van der Waals surface area contributed by atoms with E-state index in [4.69, 9.17) is 9.29 Å². The van der Waals surface area contributed by atoms with Crippen LogP contribution in [-0.2, 0) is 19.6 Å². The van der Waals surface area contributed by atoms with Crippen LogP contribution in [0.25, 0.3) is 0 Å². The van der Waals surface area contributed by atoms with Gasteiger partial charge < -0.3 is 4.74 Å². The van der Waals surface area contributed by atoms with Crippen molar-refractivity contribution in [3.05, 3.63) is 38.0 Å². The Balaban J connectivity index is 1.35. The first-order chi connectivity index (χ1) is 16.1. The van der Waals surface area contributed by atoms with Gasteiger partial charge in [0.1, 0.15) is 0 Å². The maximum absolute atomic E-state index is 15.5. The van der Waals surface area contributed by atoms with Crippen LogP contribution in [0.2, 0.25) is 0 Å². The largest absolute Gasteiger partial charge is 0.381 e. The van der Waals surface area contributed by atoms with E-state index in [0.717, 1.165) is 37.5 Å². The van der Waals surface area contributed by atoms with Gasteiger partial charge in [0.15, 0.2) is 5.67 Å². The second-order valence-corrected chi connectivity index (χ2v) is 12.9. The maximum Gasteiger partial charge on any atom is 0.314 e. The van der Waals surface area contributed by atoms with Crippen molar-refractivity contribution in [2.75, 3.05) is 13.2 Å². The summed E-state index contributed by atoms with van der Waals surface area (Å²) >= 11 is 0. The Bertz CT molecular complexity index is 999. The summed E-state index contributed by atoms with van der Waals surface area (Å²) in [7, 11) is -5.85. The Hall–Kier alpha value is -1.23. The van der Waals surface area contributed by atoms with Crippen LogP contribution in [0.5, 0.6) is 0 Å². The summed E-state index contributed by atoms with van der Waals surface area (Å²) in [5.41, 5.74) is -2.25. The summed E-state index contributed by atoms with van der Waals surface area (Å²) in [6, 6.07) is 0. The van der Waals surface area contributed by atoms with Crippen LogP contribution in [0.4, 0.5) is 17.6 Å². The van der Waals surface area contributed by atoms with E-state index >= 15 is 13.2 Å². The van der Waals surface area contributed by atoms with Gasteiger partial charge in [-0.15, -0.1) is 0 Å². The predicted octanol–water partition coefficient (Wildman–Crippen LogP) is 5.80. The lowest BCUT2D eigenvalue weighted by Gasteiger charge is -2.80. The predicted molar refractivity (Wildman–Crippen MR) is 123 cm³/mol. The third-order valence-electron chi connectivity index (χ3n) is 9.16. The molecule has 0 saturated heterocycles. The highest BCUT2D eigenvalue weighted by molar-refractivity contribution is 7.87. The molecule has 35 heavy (non-hydrogen) atoms. The van der Waals surface area contributed by atoms with Crippen LogP contribution in [-0.4, -0.2) is 48.6 Å². The number of ether oxygens (including phenoxy) is 2. The van der Waals surface area contributed by atoms with Gasteiger partial charge in [0, 0.05) is 6.61 Å². The number of hydrogen-bond acceptors (Lipinski definition) is 4. The number of halogens is 4. The Morgan fingerprint density at radius 3 is 2.03 bits per heavy atom. The fourth-order valence-corrected chi connectivity index (χ4v) is 8.53. The Morgan fingerprint density at radius 2 is 1.57 bits per heavy atom. The number of hydrogen-bond donors (Lipinski definition) is 1. The zero-order valence-corrected chi connectivity index (χ0v) is 20.8. The van der Waals surface area contributed by atoms with Crippen LogP contribution >= 0.6 is 0 Å². The van der Waals surface area contributed by atoms with Crippen LogP contribution < -0.4 is 0 Å². The molecule has 0 aromatic heterocycles. The molecule has 198 valence electrons. The van der Waals surface area contributed by atoms with Crippen LogP contribution in [0.3, 0.4) is 0 Å². The molecule has 6 atom stereocenters. The van der Waals surface area contributed by atoms with Crippen LogP contribution in [0.15, 0.2) is 38.0 Å². The van der Waals surface area contributed by atoms with Crippen molar-refractivity contribution in [2.45, 2.75) is 74.2 Å². The Kier molecular flexibility index (Phi) is 6.23. The Labute approximate surface area is 204 Å². The molecule has 6 fully saturated rings. The molecule has 0 aromatic carbocycles. The van der Waals surface area contributed by atoms with Gasteiger partial charge in [-0.25, -0.2) is 17.6 Å². The van der Waals surface area contributed by atoms with Crippen LogP contribution in [0.1, 0.15) is 51.9 Å². The van der Waals surface area contributed by atoms with Gasteiger partial charge in [-0.3, -0.25) is 9.29 Å². The van der Waals surface area contributed by atoms with Crippen molar-refractivity contribution in [3.8, 4) is 0 Å². The molecule has 6 aliphatic carbocycles. The highest BCUT2D eigenvalue weighted by Crippen LogP contribution is 2.82. The van der Waals surface area contributed by atoms with Crippen molar-refractivity contribution >= 4 is 10.1 Å². The van der Waals surface area contributed by atoms with E-state index in [0.29, 0.717) is 12.0 Å². The highest BCUT2D eigenvalue weighted by Gasteiger charge is 2.75. The first-order valence-electron chi connectivity index (χ1n) is 12.0. The van der Waals surface area contributed by atoms with E-state index in [9.17, 15) is 12.8 Å². The SMILES string of the molecule is C=CC(F)(OC(F)(C=C)C(F)(C=C)S(=O)(=O)O)C(C)(F)CCCOCC12CC3CC4(CC(C1)C34)C2. The molecule has 6 aliphatic rings. The molecule has 6 rings (SSSR count). The van der Waals surface area contributed by atoms with E-state index in [-0.39, 0.29) is 36.7 Å². The molecule has 0 heterocycles. The van der Waals surface area contributed by atoms with E-state index in [1.165, 1.54) is 19.3 Å². The second kappa shape index (κ2) is 8.13. The lowest BCUT2D eigenvalue weighted by atomic mass is 9.25. The molecule has 1 N–H and O–H groups in total. The average Bonchev–Trinajstić information content (AvgIpc) is 2.75. The number of rotatable bonds is 14. The maximum atomic E-state index is 15.5. The fourth-order valence-electron chi connectivity index (χ4n) is 7.85. The molecule has 5 bridgehead atoms. The molecular formula is C25H34F4O5S. The lowest BCUT2D eigenvalue weighted by Crippen LogP contribution is -2.73. The van der Waals surface area contributed by atoms with Crippen molar-refractivity contribution in [1.82, 2.24) is 0 Å². The smallest absolute Gasteiger partial charge is 0.314 e. The molecule has 0 aliphatic heterocycles. The minimum absolute atomic E-state index is 0.0215. The molecular weight excluding hydrogens is 488 g/mol. The zero-order valence-electron chi connectivity index (χ0n) is 19.9. The van der Waals surface area contributed by atoms with E-state index < -0.39 is 38.9 Å². The summed E-state index contributed by atoms with van der Waals surface area (Å²) in [5.74, 6) is -5.37. The Morgan fingerprint density at radius 1 is 1.00 bits per heavy atom. The summed E-state index contributed by atoms with van der Waals surface area (Å²) < 4.78 is 104. The van der Waals surface area contributed by atoms with Gasteiger partial charge in [-0.1, -0.05) is 19.7 Å². The van der Waals surface area contributed by atoms with Gasteiger partial charge in [0.05, 0.1) is 6.61 Å². The highest BCUT2D eigenvalue weighted by atomic mass is 32.2. The average molecular weight is 523 g/mol. The molecule has 6 unspecified atom stereocenters. The summed E-state index contributed by atoms with van der Waals surface area (Å²) in [6.07, 6.45) is 5.82. The second-order valence-electron chi connectivity index (χ2n) is 11.4. The fraction of sp³-hybridized carbons (Fsp3) is 0.760. The first kappa shape index (κ1) is 26.8. The van der Waals surface area contributed by atoms with Crippen LogP contribution in [0, 0.1) is 28.6 Å². The standard InChI is InChI=1S/C25H34F4O5S/c1-5-23(27,34-24(28,6-2)25(29,7-3)35(30,31)32)20(4,26)9-8-10-33-16-21-11-17-13-22(15-21)14-18(12-21)19(17)22/h5-7,17-19H,1-3,8-16H2,4H3,(H,30,31,32). The monoisotopic (exact) mass is 522 g/mol. The van der Waals surface area contributed by atoms with Crippen molar-refractivity contribution < 1.29 is 40.0 Å². The topological polar surface area (TPSA) is 72.8 Å². The van der Waals surface area contributed by atoms with Gasteiger partial charge in [0.25, 0.3) is 11.7 Å². The first-order valence-corrected chi connectivity index (χ1v) is 13.4. The molecule has 0 radical (unpaired) electrons. The lowest BCUT2D eigenvalue weighted by molar-refractivity contribution is -0.316. The van der Waals surface area contributed by atoms with Gasteiger partial charge in [0.2, 0.25) is 0 Å². The molecule has 5 nitrogen and oxygen atoms in total. The molecule has 0 amide bonds. The number of alkyl halides is 4. The molecule has 0 aromatic rings. The molecule has 10 heteroatoms. The van der Waals surface area contributed by atoms with Gasteiger partial charge in [-0.05, 0) is 98.7 Å². The third-order valence-corrected chi connectivity index (χ3v) is 10.4. The molecule has 1 spiro atoms. The summed E-state index contributed by atoms with van der Waals surface area (Å²) in [4.78, 5) is 0. The zero-order chi connectivity index (χ0) is 26.1. The van der Waals surface area contributed by atoms with Crippen molar-refractivity contribution in [2.24, 2.45) is 28.6 Å². The van der Waals surface area contributed by atoms with Crippen molar-refractivity contribution in [3.63, 3.8) is 0 Å². The van der Waals surface area contributed by atoms with E-state index in [2.05, 4.69) is 24.5 Å². The normalized spacial score (nSPS) is 39.5. The minimum atomic E-state index is -5.85.